The largest absolute Gasteiger partial charge is 0.466 e. The van der Waals surface area contributed by atoms with Crippen molar-refractivity contribution in [3.8, 4) is 11.1 Å². The minimum atomic E-state index is -1.07. The van der Waals surface area contributed by atoms with Crippen molar-refractivity contribution in [2.24, 2.45) is 5.92 Å². The van der Waals surface area contributed by atoms with Crippen molar-refractivity contribution in [2.75, 3.05) is 31.0 Å². The first-order valence-electron chi connectivity index (χ1n) is 13.5. The molecule has 198 valence electrons. The molecular weight excluding hydrogens is 479 g/mol. The molecule has 0 aromatic heterocycles. The van der Waals surface area contributed by atoms with Crippen LogP contribution in [-0.2, 0) is 20.8 Å². The van der Waals surface area contributed by atoms with Crippen molar-refractivity contribution < 1.29 is 20.1 Å². The summed E-state index contributed by atoms with van der Waals surface area (Å²) >= 11 is 0. The summed E-state index contributed by atoms with van der Waals surface area (Å²) in [5.41, 5.74) is 4.48. The molecule has 6 heteroatoms. The highest BCUT2D eigenvalue weighted by molar-refractivity contribution is 5.95. The van der Waals surface area contributed by atoms with Crippen LogP contribution in [0.3, 0.4) is 0 Å². The second kappa shape index (κ2) is 12.5. The van der Waals surface area contributed by atoms with Gasteiger partial charge in [-0.2, -0.15) is 0 Å². The minimum Gasteiger partial charge on any atom is -0.466 e. The normalized spacial score (nSPS) is 15.1. The van der Waals surface area contributed by atoms with Gasteiger partial charge in [-0.3, -0.25) is 4.79 Å². The van der Waals surface area contributed by atoms with Crippen molar-refractivity contribution in [1.82, 2.24) is 0 Å². The predicted molar refractivity (Wildman–Crippen MR) is 151 cm³/mol. The molecule has 38 heavy (non-hydrogen) atoms. The molecule has 1 aliphatic rings. The molecule has 3 aromatic carbocycles. The number of methoxy groups -OCH3 is 1. The zero-order valence-corrected chi connectivity index (χ0v) is 22.2. The lowest BCUT2D eigenvalue weighted by Crippen LogP contribution is -2.36. The van der Waals surface area contributed by atoms with Gasteiger partial charge in [0.1, 0.15) is 5.82 Å². The average Bonchev–Trinajstić information content (AvgIpc) is 2.96. The molecule has 1 unspecified atom stereocenters. The van der Waals surface area contributed by atoms with Crippen LogP contribution in [0.1, 0.15) is 44.6 Å². The Morgan fingerprint density at radius 1 is 0.947 bits per heavy atom. The summed E-state index contributed by atoms with van der Waals surface area (Å²) in [5.74, 6) is -1.50. The summed E-state index contributed by atoms with van der Waals surface area (Å²) < 4.78 is 28.5. The Kier molecular flexibility index (Phi) is 8.49. The second-order valence-corrected chi connectivity index (χ2v) is 9.83. The van der Waals surface area contributed by atoms with E-state index in [1.165, 1.54) is 36.3 Å². The van der Waals surface area contributed by atoms with Gasteiger partial charge in [0.15, 0.2) is 0 Å². The molecule has 4 rings (SSSR count). The van der Waals surface area contributed by atoms with E-state index in [4.69, 9.17) is 1.37 Å². The first-order chi connectivity index (χ1) is 18.8. The second-order valence-electron chi connectivity index (χ2n) is 9.83. The maximum atomic E-state index is 14.7. The highest BCUT2D eigenvalue weighted by Gasteiger charge is 2.27. The van der Waals surface area contributed by atoms with Crippen molar-refractivity contribution >= 4 is 29.3 Å². The van der Waals surface area contributed by atoms with E-state index in [-0.39, 0.29) is 11.8 Å². The summed E-state index contributed by atoms with van der Waals surface area (Å²) in [4.78, 5) is 28.8. The Balaban J connectivity index is 1.67. The van der Waals surface area contributed by atoms with Crippen LogP contribution in [0, 0.1) is 11.7 Å². The molecule has 5 nitrogen and oxygen atoms in total. The molecule has 1 atom stereocenters. The number of benzene rings is 3. The van der Waals surface area contributed by atoms with E-state index in [0.29, 0.717) is 16.8 Å². The number of carbonyl (C=O) groups excluding carboxylic acids is 2. The zero-order valence-electron chi connectivity index (χ0n) is 23.2. The van der Waals surface area contributed by atoms with Crippen LogP contribution in [0.4, 0.5) is 15.8 Å². The van der Waals surface area contributed by atoms with Gasteiger partial charge >= 0.3 is 5.97 Å². The van der Waals surface area contributed by atoms with E-state index in [1.807, 2.05) is 43.3 Å². The van der Waals surface area contributed by atoms with Gasteiger partial charge in [0.25, 0.3) is 0 Å². The molecule has 0 spiro atoms. The van der Waals surface area contributed by atoms with Crippen LogP contribution in [-0.4, -0.2) is 33.1 Å². The van der Waals surface area contributed by atoms with Crippen LogP contribution in [0.2, 0.25) is 0 Å². The van der Waals surface area contributed by atoms with E-state index < -0.39 is 18.3 Å². The van der Waals surface area contributed by atoms with Gasteiger partial charge in [-0.15, -0.1) is 0 Å². The van der Waals surface area contributed by atoms with E-state index in [2.05, 4.69) is 29.0 Å². The van der Waals surface area contributed by atoms with Crippen LogP contribution < -0.4 is 9.80 Å². The van der Waals surface area contributed by atoms with Crippen LogP contribution in [0.15, 0.2) is 72.8 Å². The van der Waals surface area contributed by atoms with Crippen molar-refractivity contribution in [2.45, 2.75) is 38.6 Å². The van der Waals surface area contributed by atoms with Gasteiger partial charge in [0.2, 0.25) is 5.91 Å². The van der Waals surface area contributed by atoms with Gasteiger partial charge in [-0.1, -0.05) is 55.7 Å². The van der Waals surface area contributed by atoms with Gasteiger partial charge in [-0.25, -0.2) is 9.18 Å². The molecule has 0 aliphatic heterocycles. The molecule has 1 aliphatic carbocycles. The number of ether oxygens (including phenoxy) is 1. The SMILES string of the molecule is [2H]C(c1ccc(-c2ccc(N(C)C)cc2)cc1)N(C(=O)C1CCCCC1)c1cc(F)cc(/C=C/C(=O)OC)c1. The van der Waals surface area contributed by atoms with Gasteiger partial charge in [0, 0.05) is 37.5 Å². The number of anilines is 2. The van der Waals surface area contributed by atoms with E-state index in [1.54, 1.807) is 6.07 Å². The first kappa shape index (κ1) is 25.7. The van der Waals surface area contributed by atoms with Crippen LogP contribution >= 0.6 is 0 Å². The van der Waals surface area contributed by atoms with E-state index in [9.17, 15) is 14.0 Å². The topological polar surface area (TPSA) is 49.9 Å². The molecule has 0 radical (unpaired) electrons. The summed E-state index contributed by atoms with van der Waals surface area (Å²) in [7, 11) is 5.26. The van der Waals surface area contributed by atoms with Crippen molar-refractivity contribution in [3.05, 3.63) is 89.8 Å². The molecule has 0 N–H and O–H groups in total. The van der Waals surface area contributed by atoms with E-state index >= 15 is 0 Å². The number of esters is 1. The third kappa shape index (κ3) is 6.88. The number of nitrogens with zero attached hydrogens (tertiary/aromatic N) is 2. The summed E-state index contributed by atoms with van der Waals surface area (Å²) in [5, 5.41) is 0. The number of amides is 1. The van der Waals surface area contributed by atoms with Gasteiger partial charge < -0.3 is 14.5 Å². The first-order valence-corrected chi connectivity index (χ1v) is 13.0. The number of hydrogen-bond donors (Lipinski definition) is 0. The minimum absolute atomic E-state index is 0.174. The fourth-order valence-corrected chi connectivity index (χ4v) is 4.74. The van der Waals surface area contributed by atoms with Gasteiger partial charge in [-0.05, 0) is 71.5 Å². The molecule has 3 aromatic rings. The maximum Gasteiger partial charge on any atom is 0.330 e. The van der Waals surface area contributed by atoms with Crippen molar-refractivity contribution in [1.29, 1.82) is 0 Å². The Morgan fingerprint density at radius 2 is 1.58 bits per heavy atom. The summed E-state index contributed by atoms with van der Waals surface area (Å²) in [6, 6.07) is 20.0. The number of rotatable bonds is 8. The zero-order chi connectivity index (χ0) is 27.9. The van der Waals surface area contributed by atoms with Gasteiger partial charge in [0.05, 0.1) is 15.0 Å². The highest BCUT2D eigenvalue weighted by atomic mass is 19.1. The number of halogens is 1. The van der Waals surface area contributed by atoms with Crippen LogP contribution in [0.5, 0.6) is 0 Å². The monoisotopic (exact) mass is 515 g/mol. The van der Waals surface area contributed by atoms with Crippen LogP contribution in [0.25, 0.3) is 17.2 Å². The Bertz CT molecular complexity index is 1320. The lowest BCUT2D eigenvalue weighted by atomic mass is 9.88. The molecule has 0 bridgehead atoms. The predicted octanol–water partition coefficient (Wildman–Crippen LogP) is 6.86. The Labute approximate surface area is 225 Å². The third-order valence-electron chi connectivity index (χ3n) is 6.89. The summed E-state index contributed by atoms with van der Waals surface area (Å²) in [6.07, 6.45) is 7.18. The maximum absolute atomic E-state index is 14.7. The standard InChI is InChI=1S/C32H35FN2O3/c1-34(2)29-16-14-26(15-17-29)25-12-9-23(10-13-25)22-35(32(37)27-7-5-4-6-8-27)30-20-24(19-28(33)21-30)11-18-31(36)38-3/h9-21,27H,4-8,22H2,1-3H3/b18-11+/i22D. The molecule has 1 amide bonds. The fourth-order valence-electron chi connectivity index (χ4n) is 4.74. The number of hydrogen-bond acceptors (Lipinski definition) is 4. The average molecular weight is 516 g/mol. The third-order valence-corrected chi connectivity index (χ3v) is 6.89. The van der Waals surface area contributed by atoms with E-state index in [0.717, 1.165) is 48.9 Å². The molecular formula is C32H35FN2O3. The molecule has 0 saturated heterocycles. The lowest BCUT2D eigenvalue weighted by molar-refractivity contribution is -0.134. The summed E-state index contributed by atoms with van der Waals surface area (Å²) in [6.45, 7) is -1.07. The Morgan fingerprint density at radius 3 is 2.18 bits per heavy atom. The highest BCUT2D eigenvalue weighted by Crippen LogP contribution is 2.30. The molecule has 1 saturated carbocycles. The Hall–Kier alpha value is -3.93. The lowest BCUT2D eigenvalue weighted by Gasteiger charge is -2.30. The molecule has 0 heterocycles. The fraction of sp³-hybridized carbons (Fsp3) is 0.312. The smallest absolute Gasteiger partial charge is 0.330 e. The number of carbonyl (C=O) groups is 2. The quantitative estimate of drug-likeness (QED) is 0.243. The molecule has 1 fully saturated rings. The van der Waals surface area contributed by atoms with Crippen molar-refractivity contribution in [3.63, 3.8) is 0 Å².